The Morgan fingerprint density at radius 2 is 0.667 bits per heavy atom. The van der Waals surface area contributed by atoms with Gasteiger partial charge in [0.2, 0.25) is 0 Å². The smallest absolute Gasteiger partial charge is 0.194 e. The maximum atomic E-state index is 13.3. The van der Waals surface area contributed by atoms with E-state index in [0.29, 0.717) is 32.3 Å². The molecule has 3 nitrogen and oxygen atoms in total. The highest BCUT2D eigenvalue weighted by atomic mass is 16.1. The van der Waals surface area contributed by atoms with Crippen molar-refractivity contribution >= 4 is 64.6 Å². The van der Waals surface area contributed by atoms with Crippen molar-refractivity contribution in [3.63, 3.8) is 0 Å². The van der Waals surface area contributed by atoms with E-state index in [1.54, 1.807) is 0 Å². The van der Waals surface area contributed by atoms with E-state index in [1.165, 1.54) is 0 Å². The van der Waals surface area contributed by atoms with Crippen LogP contribution < -0.4 is 16.3 Å². The SMILES string of the molecule is Cc1cc2c(=O)c3c(C)cc4c(=O)c5c(C)cc6c(=O)c1c1c6c5c4c3c21. The van der Waals surface area contributed by atoms with Crippen molar-refractivity contribution in [1.29, 1.82) is 0 Å². The van der Waals surface area contributed by atoms with E-state index in [0.717, 1.165) is 49.0 Å². The average molecular weight is 348 g/mol. The fourth-order valence-electron chi connectivity index (χ4n) is 5.80. The Labute approximate surface area is 151 Å². The highest BCUT2D eigenvalue weighted by Gasteiger charge is 2.30. The second-order valence-corrected chi connectivity index (χ2v) is 8.09. The van der Waals surface area contributed by atoms with Crippen LogP contribution in [0.5, 0.6) is 0 Å². The summed E-state index contributed by atoms with van der Waals surface area (Å²) in [6.45, 7) is 5.70. The molecule has 0 unspecified atom stereocenters. The molecule has 0 bridgehead atoms. The first-order valence-corrected chi connectivity index (χ1v) is 9.09. The number of rotatable bonds is 0. The summed E-state index contributed by atoms with van der Waals surface area (Å²) in [5.74, 6) is 0. The van der Waals surface area contributed by atoms with Crippen molar-refractivity contribution in [2.45, 2.75) is 20.8 Å². The van der Waals surface area contributed by atoms with Crippen molar-refractivity contribution in [2.75, 3.05) is 0 Å². The Kier molecular flexibility index (Phi) is 1.89. The third-order valence-corrected chi connectivity index (χ3v) is 6.74. The van der Waals surface area contributed by atoms with Gasteiger partial charge in [0, 0.05) is 64.6 Å². The monoisotopic (exact) mass is 348 g/mol. The lowest BCUT2D eigenvalue weighted by molar-refractivity contribution is 1.55. The zero-order valence-electron chi connectivity index (χ0n) is 15.0. The lowest BCUT2D eigenvalue weighted by Gasteiger charge is -2.09. The van der Waals surface area contributed by atoms with Gasteiger partial charge in [0.1, 0.15) is 0 Å². The fourth-order valence-corrected chi connectivity index (χ4v) is 5.80. The van der Waals surface area contributed by atoms with Crippen LogP contribution in [-0.4, -0.2) is 0 Å². The van der Waals surface area contributed by atoms with E-state index >= 15 is 0 Å². The number of benzene rings is 4. The molecule has 7 aromatic rings. The Balaban J connectivity index is 2.19. The third-order valence-electron chi connectivity index (χ3n) is 6.74. The predicted octanol–water partition coefficient (Wildman–Crippen LogP) is 4.24. The van der Waals surface area contributed by atoms with Gasteiger partial charge in [-0.15, -0.1) is 0 Å². The van der Waals surface area contributed by atoms with E-state index in [-0.39, 0.29) is 16.3 Å². The van der Waals surface area contributed by atoms with Gasteiger partial charge in [-0.1, -0.05) is 0 Å². The van der Waals surface area contributed by atoms with Gasteiger partial charge >= 0.3 is 0 Å². The van der Waals surface area contributed by atoms with E-state index in [2.05, 4.69) is 0 Å². The van der Waals surface area contributed by atoms with Gasteiger partial charge in [-0.2, -0.15) is 0 Å². The number of hydrogen-bond donors (Lipinski definition) is 0. The molecule has 7 rings (SSSR count). The van der Waals surface area contributed by atoms with Crippen molar-refractivity contribution in [2.24, 2.45) is 0 Å². The van der Waals surface area contributed by atoms with Gasteiger partial charge in [-0.25, -0.2) is 0 Å². The Bertz CT molecular complexity index is 1640. The van der Waals surface area contributed by atoms with Crippen molar-refractivity contribution in [3.05, 3.63) is 65.6 Å². The fraction of sp³-hybridized carbons (Fsp3) is 0.125. The van der Waals surface area contributed by atoms with Crippen LogP contribution in [0.2, 0.25) is 0 Å². The molecule has 0 saturated heterocycles. The minimum absolute atomic E-state index is 0.0116. The second kappa shape index (κ2) is 3.70. The number of hydrogen-bond acceptors (Lipinski definition) is 3. The minimum Gasteiger partial charge on any atom is -0.289 e. The highest BCUT2D eigenvalue weighted by Crippen LogP contribution is 2.49. The lowest BCUT2D eigenvalue weighted by Crippen LogP contribution is -1.99. The summed E-state index contributed by atoms with van der Waals surface area (Å²) in [5, 5.41) is 9.38. The molecule has 0 aliphatic rings. The van der Waals surface area contributed by atoms with E-state index in [9.17, 15) is 14.4 Å². The van der Waals surface area contributed by atoms with Gasteiger partial charge in [-0.05, 0) is 55.7 Å². The van der Waals surface area contributed by atoms with Crippen LogP contribution in [0.3, 0.4) is 0 Å². The summed E-state index contributed by atoms with van der Waals surface area (Å²) in [6, 6.07) is 5.59. The summed E-state index contributed by atoms with van der Waals surface area (Å²) in [4.78, 5) is 39.8. The van der Waals surface area contributed by atoms with Crippen LogP contribution in [0.15, 0.2) is 32.6 Å². The largest absolute Gasteiger partial charge is 0.289 e. The van der Waals surface area contributed by atoms with Crippen LogP contribution in [0.1, 0.15) is 16.7 Å². The molecule has 126 valence electrons. The molecule has 27 heavy (non-hydrogen) atoms. The highest BCUT2D eigenvalue weighted by molar-refractivity contribution is 6.48. The van der Waals surface area contributed by atoms with Crippen molar-refractivity contribution in [1.82, 2.24) is 0 Å². The lowest BCUT2D eigenvalue weighted by atomic mass is 9.92. The predicted molar refractivity (Wildman–Crippen MR) is 112 cm³/mol. The molecule has 3 heteroatoms. The standard InChI is InChI=1S/C24H12O3/c1-7-4-10-16-19-13(7)22(25)11-5-8(2)15-21(17(11)19)18-12(24(15)27)6-9(3)14(20(16)18)23(10)26/h4-6H,1-3H3. The van der Waals surface area contributed by atoms with Gasteiger partial charge in [0.15, 0.2) is 16.3 Å². The molecule has 0 spiro atoms. The molecule has 0 aliphatic heterocycles. The van der Waals surface area contributed by atoms with Crippen LogP contribution in [0.4, 0.5) is 0 Å². The van der Waals surface area contributed by atoms with Crippen molar-refractivity contribution < 1.29 is 0 Å². The third kappa shape index (κ3) is 1.13. The summed E-state index contributed by atoms with van der Waals surface area (Å²) < 4.78 is 0. The molecule has 0 saturated carbocycles. The Hall–Kier alpha value is -3.33. The maximum Gasteiger partial charge on any atom is 0.194 e. The molecule has 7 aromatic carbocycles. The van der Waals surface area contributed by atoms with Gasteiger partial charge in [0.25, 0.3) is 0 Å². The van der Waals surface area contributed by atoms with Crippen LogP contribution in [0.25, 0.3) is 64.6 Å². The van der Waals surface area contributed by atoms with Crippen LogP contribution in [0, 0.1) is 20.8 Å². The van der Waals surface area contributed by atoms with Gasteiger partial charge in [0.05, 0.1) is 0 Å². The average Bonchev–Trinajstić information content (AvgIpc) is 3.18. The maximum absolute atomic E-state index is 13.3. The molecular formula is C24H12O3. The van der Waals surface area contributed by atoms with Crippen LogP contribution >= 0.6 is 0 Å². The number of aryl methyl sites for hydroxylation is 3. The molecule has 0 aliphatic carbocycles. The Morgan fingerprint density at radius 1 is 0.407 bits per heavy atom. The quantitative estimate of drug-likeness (QED) is 0.385. The minimum atomic E-state index is 0.0116. The molecule has 0 amide bonds. The van der Waals surface area contributed by atoms with Crippen LogP contribution in [-0.2, 0) is 0 Å². The Morgan fingerprint density at radius 3 is 0.926 bits per heavy atom. The first-order valence-electron chi connectivity index (χ1n) is 9.09. The van der Waals surface area contributed by atoms with Gasteiger partial charge < -0.3 is 0 Å². The summed E-state index contributed by atoms with van der Waals surface area (Å²) in [5.41, 5.74) is 2.54. The second-order valence-electron chi connectivity index (χ2n) is 8.09. The molecule has 0 heterocycles. The molecule has 0 radical (unpaired) electrons. The van der Waals surface area contributed by atoms with Gasteiger partial charge in [-0.3, -0.25) is 14.4 Å². The first-order chi connectivity index (χ1) is 12.9. The zero-order chi connectivity index (χ0) is 18.5. The molecule has 0 atom stereocenters. The van der Waals surface area contributed by atoms with E-state index in [1.807, 2.05) is 39.0 Å². The van der Waals surface area contributed by atoms with E-state index < -0.39 is 0 Å². The summed E-state index contributed by atoms with van der Waals surface area (Å²) >= 11 is 0. The normalized spacial score (nSPS) is 13.4. The summed E-state index contributed by atoms with van der Waals surface area (Å²) in [7, 11) is 0. The van der Waals surface area contributed by atoms with Crippen molar-refractivity contribution in [3.8, 4) is 0 Å². The molecule has 0 N–H and O–H groups in total. The topological polar surface area (TPSA) is 51.2 Å². The molecule has 0 aromatic heterocycles. The zero-order valence-corrected chi connectivity index (χ0v) is 15.0. The first kappa shape index (κ1) is 13.8. The molecular weight excluding hydrogens is 336 g/mol. The molecule has 0 fully saturated rings. The van der Waals surface area contributed by atoms with E-state index in [4.69, 9.17) is 0 Å². The summed E-state index contributed by atoms with van der Waals surface area (Å²) in [6.07, 6.45) is 0.